The number of hydrogen-bond donors (Lipinski definition) is 1. The number of thioether (sulfide) groups is 1. The van der Waals surface area contributed by atoms with Crippen LogP contribution in [0.4, 0.5) is 0 Å². The standard InChI is InChI=1S/C11H14N4O3S/c1-3-4-19-6-8-12-9(14-18-8)7-5-15(2)11(17)13-10(7)16/h5H,3-4,6H2,1-2H3,(H,13,16,17). The molecule has 0 radical (unpaired) electrons. The summed E-state index contributed by atoms with van der Waals surface area (Å²) in [6.07, 6.45) is 2.47. The van der Waals surface area contributed by atoms with Crippen molar-refractivity contribution >= 4 is 11.8 Å². The number of aromatic nitrogens is 4. The molecule has 19 heavy (non-hydrogen) atoms. The maximum absolute atomic E-state index is 11.7. The summed E-state index contributed by atoms with van der Waals surface area (Å²) < 4.78 is 6.33. The van der Waals surface area contributed by atoms with Crippen LogP contribution in [0.1, 0.15) is 19.2 Å². The molecule has 2 rings (SSSR count). The van der Waals surface area contributed by atoms with Gasteiger partial charge in [0.1, 0.15) is 5.56 Å². The topological polar surface area (TPSA) is 93.8 Å². The Kier molecular flexibility index (Phi) is 4.20. The van der Waals surface area contributed by atoms with Crippen LogP contribution in [-0.2, 0) is 12.8 Å². The number of H-pyrrole nitrogens is 1. The molecule has 2 aromatic rings. The predicted octanol–water partition coefficient (Wildman–Crippen LogP) is 0.767. The predicted molar refractivity (Wildman–Crippen MR) is 72.0 cm³/mol. The average molecular weight is 282 g/mol. The summed E-state index contributed by atoms with van der Waals surface area (Å²) in [7, 11) is 1.54. The molecule has 2 aromatic heterocycles. The van der Waals surface area contributed by atoms with Crippen LogP contribution < -0.4 is 11.2 Å². The van der Waals surface area contributed by atoms with E-state index in [4.69, 9.17) is 4.52 Å². The van der Waals surface area contributed by atoms with Gasteiger partial charge in [-0.15, -0.1) is 0 Å². The van der Waals surface area contributed by atoms with Gasteiger partial charge in [-0.3, -0.25) is 9.78 Å². The summed E-state index contributed by atoms with van der Waals surface area (Å²) in [5, 5.41) is 3.76. The van der Waals surface area contributed by atoms with Crippen LogP contribution in [0, 0.1) is 0 Å². The van der Waals surface area contributed by atoms with Crippen molar-refractivity contribution in [2.45, 2.75) is 19.1 Å². The van der Waals surface area contributed by atoms with E-state index in [1.807, 2.05) is 0 Å². The molecule has 0 spiro atoms. The highest BCUT2D eigenvalue weighted by molar-refractivity contribution is 7.98. The van der Waals surface area contributed by atoms with Gasteiger partial charge in [0.2, 0.25) is 11.7 Å². The molecule has 0 unspecified atom stereocenters. The van der Waals surface area contributed by atoms with E-state index in [9.17, 15) is 9.59 Å². The van der Waals surface area contributed by atoms with Crippen molar-refractivity contribution in [2.75, 3.05) is 5.75 Å². The second-order valence-corrected chi connectivity index (χ2v) is 5.08. The van der Waals surface area contributed by atoms with Crippen molar-refractivity contribution in [1.82, 2.24) is 19.7 Å². The lowest BCUT2D eigenvalue weighted by molar-refractivity contribution is 0.391. The number of hydrogen-bond acceptors (Lipinski definition) is 6. The molecule has 0 aliphatic carbocycles. The molecular formula is C11H14N4O3S. The summed E-state index contributed by atoms with van der Waals surface area (Å²) in [5.74, 6) is 2.30. The van der Waals surface area contributed by atoms with Gasteiger partial charge in [-0.05, 0) is 12.2 Å². The van der Waals surface area contributed by atoms with Crippen LogP contribution in [0.3, 0.4) is 0 Å². The first-order valence-electron chi connectivity index (χ1n) is 5.82. The van der Waals surface area contributed by atoms with Crippen molar-refractivity contribution < 1.29 is 4.52 Å². The third-order valence-electron chi connectivity index (χ3n) is 2.39. The number of nitrogens with one attached hydrogen (secondary N) is 1. The van der Waals surface area contributed by atoms with Crippen LogP contribution in [0.2, 0.25) is 0 Å². The zero-order chi connectivity index (χ0) is 13.8. The lowest BCUT2D eigenvalue weighted by Crippen LogP contribution is -2.28. The van der Waals surface area contributed by atoms with E-state index in [-0.39, 0.29) is 11.4 Å². The van der Waals surface area contributed by atoms with Gasteiger partial charge in [-0.2, -0.15) is 16.7 Å². The normalized spacial score (nSPS) is 10.8. The largest absolute Gasteiger partial charge is 0.338 e. The maximum Gasteiger partial charge on any atom is 0.328 e. The second-order valence-electron chi connectivity index (χ2n) is 3.98. The highest BCUT2D eigenvalue weighted by Gasteiger charge is 2.13. The molecular weight excluding hydrogens is 268 g/mol. The summed E-state index contributed by atoms with van der Waals surface area (Å²) in [6.45, 7) is 2.09. The van der Waals surface area contributed by atoms with Crippen LogP contribution in [0.15, 0.2) is 20.3 Å². The molecule has 0 fully saturated rings. The maximum atomic E-state index is 11.7. The Morgan fingerprint density at radius 2 is 2.26 bits per heavy atom. The Balaban J connectivity index is 2.25. The van der Waals surface area contributed by atoms with E-state index in [2.05, 4.69) is 22.0 Å². The third-order valence-corrected chi connectivity index (χ3v) is 3.54. The number of aromatic amines is 1. The van der Waals surface area contributed by atoms with Gasteiger partial charge in [0.25, 0.3) is 5.56 Å². The minimum Gasteiger partial charge on any atom is -0.338 e. The van der Waals surface area contributed by atoms with Crippen LogP contribution in [0.5, 0.6) is 0 Å². The van der Waals surface area contributed by atoms with Gasteiger partial charge in [-0.1, -0.05) is 12.1 Å². The highest BCUT2D eigenvalue weighted by atomic mass is 32.2. The molecule has 0 bridgehead atoms. The fourth-order valence-electron chi connectivity index (χ4n) is 1.45. The van der Waals surface area contributed by atoms with Crippen LogP contribution >= 0.6 is 11.8 Å². The van der Waals surface area contributed by atoms with E-state index in [1.54, 1.807) is 18.8 Å². The molecule has 0 aliphatic rings. The molecule has 102 valence electrons. The zero-order valence-corrected chi connectivity index (χ0v) is 11.5. The number of aryl methyl sites for hydroxylation is 1. The Labute approximate surface area is 113 Å². The third kappa shape index (κ3) is 3.14. The molecule has 0 saturated carbocycles. The van der Waals surface area contributed by atoms with Gasteiger partial charge in [0, 0.05) is 13.2 Å². The molecule has 0 aromatic carbocycles. The molecule has 0 aliphatic heterocycles. The molecule has 1 N–H and O–H groups in total. The van der Waals surface area contributed by atoms with Gasteiger partial charge in [0.05, 0.1) is 5.75 Å². The molecule has 0 saturated heterocycles. The lowest BCUT2D eigenvalue weighted by atomic mass is 10.3. The van der Waals surface area contributed by atoms with E-state index < -0.39 is 11.2 Å². The van der Waals surface area contributed by atoms with Crippen molar-refractivity contribution in [3.63, 3.8) is 0 Å². The minimum absolute atomic E-state index is 0.198. The smallest absolute Gasteiger partial charge is 0.328 e. The summed E-state index contributed by atoms with van der Waals surface area (Å²) in [4.78, 5) is 29.3. The Morgan fingerprint density at radius 1 is 1.47 bits per heavy atom. The summed E-state index contributed by atoms with van der Waals surface area (Å²) in [6, 6.07) is 0. The van der Waals surface area contributed by atoms with E-state index in [0.29, 0.717) is 11.6 Å². The molecule has 8 heteroatoms. The van der Waals surface area contributed by atoms with Crippen LogP contribution in [0.25, 0.3) is 11.4 Å². The van der Waals surface area contributed by atoms with Crippen molar-refractivity contribution in [3.8, 4) is 11.4 Å². The fourth-order valence-corrected chi connectivity index (χ4v) is 2.17. The molecule has 7 nitrogen and oxygen atoms in total. The minimum atomic E-state index is -0.517. The molecule has 0 amide bonds. The lowest BCUT2D eigenvalue weighted by Gasteiger charge is -1.97. The quantitative estimate of drug-likeness (QED) is 0.814. The Bertz CT molecular complexity index is 673. The van der Waals surface area contributed by atoms with Gasteiger partial charge >= 0.3 is 5.69 Å². The molecule has 0 atom stereocenters. The number of nitrogens with zero attached hydrogens (tertiary/aromatic N) is 3. The van der Waals surface area contributed by atoms with Crippen molar-refractivity contribution in [3.05, 3.63) is 32.9 Å². The first kappa shape index (κ1) is 13.6. The van der Waals surface area contributed by atoms with Crippen molar-refractivity contribution in [1.29, 1.82) is 0 Å². The van der Waals surface area contributed by atoms with Gasteiger partial charge in [-0.25, -0.2) is 4.79 Å². The Morgan fingerprint density at radius 3 is 3.00 bits per heavy atom. The van der Waals surface area contributed by atoms with Gasteiger partial charge < -0.3 is 9.09 Å². The first-order valence-corrected chi connectivity index (χ1v) is 6.98. The van der Waals surface area contributed by atoms with E-state index in [0.717, 1.165) is 12.2 Å². The second kappa shape index (κ2) is 5.87. The first-order chi connectivity index (χ1) is 9.11. The van der Waals surface area contributed by atoms with E-state index >= 15 is 0 Å². The fraction of sp³-hybridized carbons (Fsp3) is 0.455. The van der Waals surface area contributed by atoms with E-state index in [1.165, 1.54) is 10.8 Å². The zero-order valence-electron chi connectivity index (χ0n) is 10.7. The highest BCUT2D eigenvalue weighted by Crippen LogP contribution is 2.14. The average Bonchev–Trinajstić information content (AvgIpc) is 2.83. The van der Waals surface area contributed by atoms with Gasteiger partial charge in [0.15, 0.2) is 0 Å². The van der Waals surface area contributed by atoms with Crippen LogP contribution in [-0.4, -0.2) is 25.4 Å². The monoisotopic (exact) mass is 282 g/mol. The Hall–Kier alpha value is -1.83. The summed E-state index contributed by atoms with van der Waals surface area (Å²) >= 11 is 1.69. The van der Waals surface area contributed by atoms with Crippen molar-refractivity contribution in [2.24, 2.45) is 7.05 Å². The summed E-state index contributed by atoms with van der Waals surface area (Å²) in [5.41, 5.74) is -0.773. The number of rotatable bonds is 5. The molecule has 2 heterocycles. The SMILES string of the molecule is CCCSCc1nc(-c2cn(C)c(=O)[nH]c2=O)no1.